The lowest BCUT2D eigenvalue weighted by molar-refractivity contribution is -0.148. The minimum atomic E-state index is -0.717. The van der Waals surface area contributed by atoms with E-state index in [0.29, 0.717) is 12.8 Å². The first-order valence-corrected chi connectivity index (χ1v) is 6.30. The lowest BCUT2D eigenvalue weighted by Gasteiger charge is -2.26. The number of aliphatic carboxylic acids is 1. The zero-order chi connectivity index (χ0) is 13.8. The molecule has 100 valence electrons. The second kappa shape index (κ2) is 5.89. The summed E-state index contributed by atoms with van der Waals surface area (Å²) in [5.41, 5.74) is 0.496. The fraction of sp³-hybridized carbons (Fsp3) is 0.533. The monoisotopic (exact) mass is 250 g/mol. The Morgan fingerprint density at radius 2 is 1.94 bits per heavy atom. The van der Waals surface area contributed by atoms with Crippen LogP contribution in [0, 0.1) is 5.41 Å². The molecule has 0 aliphatic carbocycles. The molecule has 0 saturated heterocycles. The normalized spacial score (nSPS) is 15.8. The third-order valence-corrected chi connectivity index (χ3v) is 3.74. The van der Waals surface area contributed by atoms with Gasteiger partial charge in [-0.3, -0.25) is 4.79 Å². The van der Waals surface area contributed by atoms with Crippen molar-refractivity contribution in [3.05, 3.63) is 29.8 Å². The van der Waals surface area contributed by atoms with Crippen molar-refractivity contribution < 1.29 is 14.6 Å². The number of benzene rings is 1. The molecule has 0 aliphatic heterocycles. The molecule has 2 atom stereocenters. The van der Waals surface area contributed by atoms with Crippen LogP contribution in [0.15, 0.2) is 24.3 Å². The van der Waals surface area contributed by atoms with Gasteiger partial charge in [0, 0.05) is 0 Å². The Morgan fingerprint density at radius 3 is 2.33 bits per heavy atom. The van der Waals surface area contributed by atoms with Gasteiger partial charge in [0.15, 0.2) is 0 Å². The van der Waals surface area contributed by atoms with Crippen molar-refractivity contribution in [1.29, 1.82) is 0 Å². The van der Waals surface area contributed by atoms with E-state index in [2.05, 4.69) is 6.92 Å². The minimum Gasteiger partial charge on any atom is -0.497 e. The van der Waals surface area contributed by atoms with Gasteiger partial charge in [-0.25, -0.2) is 0 Å². The predicted octanol–water partition coefficient (Wildman–Crippen LogP) is 3.69. The molecule has 0 aliphatic rings. The molecule has 18 heavy (non-hydrogen) atoms. The number of ether oxygens (including phenoxy) is 1. The number of methoxy groups -OCH3 is 1. The van der Waals surface area contributed by atoms with E-state index in [-0.39, 0.29) is 5.92 Å². The maximum absolute atomic E-state index is 11.3. The van der Waals surface area contributed by atoms with E-state index in [1.54, 1.807) is 7.11 Å². The zero-order valence-electron chi connectivity index (χ0n) is 11.6. The molecule has 3 nitrogen and oxygen atoms in total. The standard InChI is InChI=1S/C15H22O3/c1-5-15(3,14(16)17)10-11(2)12-6-8-13(18-4)9-7-12/h6-9,11H,5,10H2,1-4H3,(H,16,17). The molecular formula is C15H22O3. The van der Waals surface area contributed by atoms with Crippen LogP contribution in [0.3, 0.4) is 0 Å². The first kappa shape index (κ1) is 14.6. The number of carbonyl (C=O) groups is 1. The molecule has 0 heterocycles. The van der Waals surface area contributed by atoms with Gasteiger partial charge in [0.1, 0.15) is 5.75 Å². The van der Waals surface area contributed by atoms with Gasteiger partial charge < -0.3 is 9.84 Å². The molecule has 0 spiro atoms. The summed E-state index contributed by atoms with van der Waals surface area (Å²) in [6, 6.07) is 7.83. The summed E-state index contributed by atoms with van der Waals surface area (Å²) >= 11 is 0. The lowest BCUT2D eigenvalue weighted by Crippen LogP contribution is -2.28. The Balaban J connectivity index is 2.80. The van der Waals surface area contributed by atoms with E-state index in [4.69, 9.17) is 4.74 Å². The van der Waals surface area contributed by atoms with E-state index in [9.17, 15) is 9.90 Å². The maximum atomic E-state index is 11.3. The third kappa shape index (κ3) is 3.25. The highest BCUT2D eigenvalue weighted by Gasteiger charge is 2.32. The second-order valence-electron chi connectivity index (χ2n) is 5.10. The Hall–Kier alpha value is -1.51. The first-order chi connectivity index (χ1) is 8.42. The molecule has 0 radical (unpaired) electrons. The van der Waals surface area contributed by atoms with Crippen molar-refractivity contribution in [2.45, 2.75) is 39.5 Å². The van der Waals surface area contributed by atoms with Crippen LogP contribution in [0.1, 0.15) is 45.1 Å². The van der Waals surface area contributed by atoms with E-state index < -0.39 is 11.4 Å². The van der Waals surface area contributed by atoms with Crippen LogP contribution in [0.2, 0.25) is 0 Å². The Labute approximate surface area is 109 Å². The fourth-order valence-corrected chi connectivity index (χ4v) is 2.11. The van der Waals surface area contributed by atoms with E-state index >= 15 is 0 Å². The highest BCUT2D eigenvalue weighted by molar-refractivity contribution is 5.74. The number of rotatable bonds is 6. The van der Waals surface area contributed by atoms with E-state index in [1.807, 2.05) is 38.1 Å². The van der Waals surface area contributed by atoms with Crippen molar-refractivity contribution in [3.8, 4) is 5.75 Å². The molecule has 0 amide bonds. The molecule has 1 N–H and O–H groups in total. The lowest BCUT2D eigenvalue weighted by atomic mass is 9.77. The number of hydrogen-bond acceptors (Lipinski definition) is 2. The Morgan fingerprint density at radius 1 is 1.39 bits per heavy atom. The molecule has 0 fully saturated rings. The van der Waals surface area contributed by atoms with Crippen LogP contribution in [-0.2, 0) is 4.79 Å². The van der Waals surface area contributed by atoms with Crippen LogP contribution in [-0.4, -0.2) is 18.2 Å². The summed E-state index contributed by atoms with van der Waals surface area (Å²) in [7, 11) is 1.64. The highest BCUT2D eigenvalue weighted by atomic mass is 16.5. The van der Waals surface area contributed by atoms with Crippen molar-refractivity contribution in [2.24, 2.45) is 5.41 Å². The Kier molecular flexibility index (Phi) is 4.76. The third-order valence-electron chi connectivity index (χ3n) is 3.74. The summed E-state index contributed by atoms with van der Waals surface area (Å²) in [6.07, 6.45) is 1.29. The van der Waals surface area contributed by atoms with Gasteiger partial charge in [-0.05, 0) is 43.4 Å². The summed E-state index contributed by atoms with van der Waals surface area (Å²) in [6.45, 7) is 5.81. The first-order valence-electron chi connectivity index (χ1n) is 6.30. The van der Waals surface area contributed by atoms with Crippen molar-refractivity contribution in [1.82, 2.24) is 0 Å². The van der Waals surface area contributed by atoms with E-state index in [0.717, 1.165) is 11.3 Å². The molecule has 2 unspecified atom stereocenters. The molecular weight excluding hydrogens is 228 g/mol. The average molecular weight is 250 g/mol. The highest BCUT2D eigenvalue weighted by Crippen LogP contribution is 2.35. The van der Waals surface area contributed by atoms with Crippen LogP contribution in [0.25, 0.3) is 0 Å². The topological polar surface area (TPSA) is 46.5 Å². The minimum absolute atomic E-state index is 0.219. The molecule has 1 rings (SSSR count). The summed E-state index contributed by atoms with van der Waals surface area (Å²) in [5.74, 6) is 0.324. The summed E-state index contributed by atoms with van der Waals surface area (Å²) < 4.78 is 5.12. The number of carboxylic acid groups (broad SMARTS) is 1. The number of hydrogen-bond donors (Lipinski definition) is 1. The van der Waals surface area contributed by atoms with Crippen molar-refractivity contribution in [2.75, 3.05) is 7.11 Å². The quantitative estimate of drug-likeness (QED) is 0.837. The van der Waals surface area contributed by atoms with Crippen LogP contribution in [0.4, 0.5) is 0 Å². The molecule has 1 aromatic carbocycles. The molecule has 0 bridgehead atoms. The van der Waals surface area contributed by atoms with Gasteiger partial charge in [-0.2, -0.15) is 0 Å². The van der Waals surface area contributed by atoms with Gasteiger partial charge in [-0.1, -0.05) is 26.0 Å². The summed E-state index contributed by atoms with van der Waals surface area (Å²) in [5, 5.41) is 9.29. The molecule has 0 aromatic heterocycles. The van der Waals surface area contributed by atoms with Crippen LogP contribution >= 0.6 is 0 Å². The second-order valence-corrected chi connectivity index (χ2v) is 5.10. The van der Waals surface area contributed by atoms with E-state index in [1.165, 1.54) is 0 Å². The van der Waals surface area contributed by atoms with Crippen LogP contribution in [0.5, 0.6) is 5.75 Å². The van der Waals surface area contributed by atoms with Gasteiger partial charge in [0.25, 0.3) is 0 Å². The number of carboxylic acids is 1. The fourth-order valence-electron chi connectivity index (χ4n) is 2.11. The smallest absolute Gasteiger partial charge is 0.309 e. The maximum Gasteiger partial charge on any atom is 0.309 e. The Bertz CT molecular complexity index is 397. The van der Waals surface area contributed by atoms with Crippen LogP contribution < -0.4 is 4.74 Å². The predicted molar refractivity (Wildman–Crippen MR) is 72.1 cm³/mol. The van der Waals surface area contributed by atoms with Crippen molar-refractivity contribution in [3.63, 3.8) is 0 Å². The van der Waals surface area contributed by atoms with Gasteiger partial charge in [0.05, 0.1) is 12.5 Å². The zero-order valence-corrected chi connectivity index (χ0v) is 11.6. The largest absolute Gasteiger partial charge is 0.497 e. The van der Waals surface area contributed by atoms with Gasteiger partial charge in [-0.15, -0.1) is 0 Å². The average Bonchev–Trinajstić information content (AvgIpc) is 2.38. The van der Waals surface area contributed by atoms with Gasteiger partial charge in [0.2, 0.25) is 0 Å². The molecule has 0 saturated carbocycles. The molecule has 1 aromatic rings. The molecule has 3 heteroatoms. The SMILES string of the molecule is CCC(C)(CC(C)c1ccc(OC)cc1)C(=O)O. The van der Waals surface area contributed by atoms with Crippen molar-refractivity contribution >= 4 is 5.97 Å². The summed E-state index contributed by atoms with van der Waals surface area (Å²) in [4.78, 5) is 11.3. The van der Waals surface area contributed by atoms with Gasteiger partial charge >= 0.3 is 5.97 Å².